The second kappa shape index (κ2) is 7.05. The second-order valence-electron chi connectivity index (χ2n) is 4.25. The highest BCUT2D eigenvalue weighted by atomic mass is 35.7. The summed E-state index contributed by atoms with van der Waals surface area (Å²) >= 11 is 0. The number of ether oxygens (including phenoxy) is 1. The van der Waals surface area contributed by atoms with Crippen LogP contribution in [-0.4, -0.2) is 20.8 Å². The maximum Gasteiger partial charge on any atom is 0.232 e. The smallest absolute Gasteiger partial charge is 0.232 e. The van der Waals surface area contributed by atoms with E-state index in [1.807, 2.05) is 6.92 Å². The fraction of sp³-hybridized carbons (Fsp3) is 0.500. The molecule has 1 rings (SSSR count). The summed E-state index contributed by atoms with van der Waals surface area (Å²) in [6.45, 7) is 1.91. The van der Waals surface area contributed by atoms with E-state index in [1.165, 1.54) is 6.07 Å². The second-order valence-corrected chi connectivity index (χ2v) is 7.07. The molecule has 0 aliphatic heterocycles. The van der Waals surface area contributed by atoms with Crippen molar-refractivity contribution in [2.75, 3.05) is 12.4 Å². The Morgan fingerprint density at radius 2 is 2.05 bits per heavy atom. The lowest BCUT2D eigenvalue weighted by molar-refractivity contribution is 0.242. The molecule has 3 nitrogen and oxygen atoms in total. The Morgan fingerprint density at radius 1 is 1.37 bits per heavy atom. The lowest BCUT2D eigenvalue weighted by atomic mass is 10.1. The Morgan fingerprint density at radius 3 is 2.58 bits per heavy atom. The zero-order chi connectivity index (χ0) is 14.5. The molecule has 0 amide bonds. The van der Waals surface area contributed by atoms with Crippen LogP contribution in [-0.2, 0) is 9.05 Å². The Labute approximate surface area is 115 Å². The molecule has 0 N–H and O–H groups in total. The third kappa shape index (κ3) is 6.20. The van der Waals surface area contributed by atoms with Gasteiger partial charge in [-0.2, -0.15) is 0 Å². The van der Waals surface area contributed by atoms with Crippen molar-refractivity contribution >= 4 is 19.7 Å². The first kappa shape index (κ1) is 16.2. The molecule has 0 radical (unpaired) electrons. The average Bonchev–Trinajstić information content (AvgIpc) is 2.26. The maximum atomic E-state index is 13.3. The molecule has 108 valence electrons. The van der Waals surface area contributed by atoms with Gasteiger partial charge in [-0.05, 0) is 18.6 Å². The summed E-state index contributed by atoms with van der Waals surface area (Å²) < 4.78 is 53.3. The van der Waals surface area contributed by atoms with Crippen LogP contribution < -0.4 is 4.74 Å². The van der Waals surface area contributed by atoms with Crippen molar-refractivity contribution in [2.45, 2.75) is 19.8 Å². The van der Waals surface area contributed by atoms with Crippen LogP contribution in [0.4, 0.5) is 8.78 Å². The molecule has 0 aliphatic carbocycles. The molecule has 0 aromatic heterocycles. The summed E-state index contributed by atoms with van der Waals surface area (Å²) in [5, 5.41) is 0. The molecule has 1 atom stereocenters. The van der Waals surface area contributed by atoms with Gasteiger partial charge in [-0.3, -0.25) is 0 Å². The summed E-state index contributed by atoms with van der Waals surface area (Å²) in [5.74, 6) is -2.17. The molecule has 0 bridgehead atoms. The first-order valence-electron chi connectivity index (χ1n) is 5.82. The van der Waals surface area contributed by atoms with Gasteiger partial charge in [0.2, 0.25) is 9.05 Å². The van der Waals surface area contributed by atoms with E-state index in [4.69, 9.17) is 15.4 Å². The molecule has 7 heteroatoms. The van der Waals surface area contributed by atoms with Gasteiger partial charge in [-0.1, -0.05) is 13.3 Å². The van der Waals surface area contributed by atoms with Crippen molar-refractivity contribution in [1.29, 1.82) is 0 Å². The van der Waals surface area contributed by atoms with E-state index in [9.17, 15) is 17.2 Å². The van der Waals surface area contributed by atoms with Gasteiger partial charge in [0.15, 0.2) is 11.6 Å². The number of halogens is 3. The van der Waals surface area contributed by atoms with Gasteiger partial charge in [0, 0.05) is 22.7 Å². The molecule has 19 heavy (non-hydrogen) atoms. The Balaban J connectivity index is 2.65. The van der Waals surface area contributed by atoms with Gasteiger partial charge < -0.3 is 4.74 Å². The van der Waals surface area contributed by atoms with Crippen LogP contribution in [0.2, 0.25) is 0 Å². The first-order valence-corrected chi connectivity index (χ1v) is 8.30. The van der Waals surface area contributed by atoms with E-state index in [1.54, 1.807) is 0 Å². The highest BCUT2D eigenvalue weighted by Crippen LogP contribution is 2.20. The maximum absolute atomic E-state index is 13.3. The van der Waals surface area contributed by atoms with Gasteiger partial charge >= 0.3 is 0 Å². The van der Waals surface area contributed by atoms with Crippen molar-refractivity contribution in [3.05, 3.63) is 29.8 Å². The zero-order valence-corrected chi connectivity index (χ0v) is 12.0. The van der Waals surface area contributed by atoms with Crippen LogP contribution in [0.3, 0.4) is 0 Å². The van der Waals surface area contributed by atoms with Crippen LogP contribution >= 0.6 is 10.7 Å². The largest absolute Gasteiger partial charge is 0.490 e. The predicted molar refractivity (Wildman–Crippen MR) is 69.9 cm³/mol. The van der Waals surface area contributed by atoms with Crippen LogP contribution in [0, 0.1) is 17.6 Å². The van der Waals surface area contributed by atoms with Crippen molar-refractivity contribution in [3.63, 3.8) is 0 Å². The summed E-state index contributed by atoms with van der Waals surface area (Å²) in [6.07, 6.45) is 1.35. The number of hydrogen-bond acceptors (Lipinski definition) is 3. The third-order valence-corrected chi connectivity index (χ3v) is 3.75. The van der Waals surface area contributed by atoms with E-state index in [0.717, 1.165) is 12.5 Å². The van der Waals surface area contributed by atoms with Crippen LogP contribution in [0.15, 0.2) is 18.2 Å². The van der Waals surface area contributed by atoms with Gasteiger partial charge in [-0.15, -0.1) is 0 Å². The van der Waals surface area contributed by atoms with Gasteiger partial charge in [0.1, 0.15) is 5.82 Å². The predicted octanol–water partition coefficient (Wildman–Crippen LogP) is 3.33. The molecule has 0 aliphatic rings. The zero-order valence-electron chi connectivity index (χ0n) is 10.4. The normalized spacial score (nSPS) is 13.3. The van der Waals surface area contributed by atoms with Crippen molar-refractivity contribution in [1.82, 2.24) is 0 Å². The minimum atomic E-state index is -3.63. The Bertz CT molecular complexity index is 520. The summed E-state index contributed by atoms with van der Waals surface area (Å²) in [7, 11) is 1.56. The van der Waals surface area contributed by atoms with Gasteiger partial charge in [-0.25, -0.2) is 17.2 Å². The van der Waals surface area contributed by atoms with Crippen molar-refractivity contribution in [3.8, 4) is 5.75 Å². The van der Waals surface area contributed by atoms with Crippen molar-refractivity contribution < 1.29 is 21.9 Å². The van der Waals surface area contributed by atoms with E-state index in [0.29, 0.717) is 12.5 Å². The molecule has 1 aromatic carbocycles. The molecule has 0 saturated heterocycles. The SMILES string of the molecule is CCCC(COc1ccc(F)cc1F)CS(=O)(=O)Cl. The Kier molecular flexibility index (Phi) is 6.00. The summed E-state index contributed by atoms with van der Waals surface area (Å²) in [4.78, 5) is 0. The molecule has 0 heterocycles. The van der Waals surface area contributed by atoms with E-state index >= 15 is 0 Å². The molecular formula is C12H15ClF2O3S. The highest BCUT2D eigenvalue weighted by molar-refractivity contribution is 8.13. The number of benzene rings is 1. The minimum Gasteiger partial charge on any atom is -0.490 e. The summed E-state index contributed by atoms with van der Waals surface area (Å²) in [5.41, 5.74) is 0. The Hall–Kier alpha value is -0.880. The lowest BCUT2D eigenvalue weighted by Gasteiger charge is -2.15. The quantitative estimate of drug-likeness (QED) is 0.725. The molecule has 0 saturated carbocycles. The third-order valence-electron chi connectivity index (χ3n) is 2.50. The van der Waals surface area contributed by atoms with E-state index in [-0.39, 0.29) is 24.0 Å². The van der Waals surface area contributed by atoms with Crippen LogP contribution in [0.5, 0.6) is 5.75 Å². The fourth-order valence-corrected chi connectivity index (χ4v) is 3.06. The van der Waals surface area contributed by atoms with E-state index < -0.39 is 20.7 Å². The molecule has 0 spiro atoms. The average molecular weight is 313 g/mol. The summed E-state index contributed by atoms with van der Waals surface area (Å²) in [6, 6.07) is 2.96. The number of rotatable bonds is 7. The highest BCUT2D eigenvalue weighted by Gasteiger charge is 2.18. The van der Waals surface area contributed by atoms with Crippen LogP contribution in [0.25, 0.3) is 0 Å². The van der Waals surface area contributed by atoms with Crippen LogP contribution in [0.1, 0.15) is 19.8 Å². The molecule has 1 aromatic rings. The van der Waals surface area contributed by atoms with Gasteiger partial charge in [0.25, 0.3) is 0 Å². The topological polar surface area (TPSA) is 43.4 Å². The lowest BCUT2D eigenvalue weighted by Crippen LogP contribution is -2.20. The monoisotopic (exact) mass is 312 g/mol. The minimum absolute atomic E-state index is 0.0162. The molecular weight excluding hydrogens is 298 g/mol. The van der Waals surface area contributed by atoms with E-state index in [2.05, 4.69) is 0 Å². The standard InChI is InChI=1S/C12H15ClF2O3S/c1-2-3-9(8-19(13,16)17)7-18-12-5-4-10(14)6-11(12)15/h4-6,9H,2-3,7-8H2,1H3. The van der Waals surface area contributed by atoms with Gasteiger partial charge in [0.05, 0.1) is 12.4 Å². The van der Waals surface area contributed by atoms with Crippen molar-refractivity contribution in [2.24, 2.45) is 5.92 Å². The first-order chi connectivity index (χ1) is 8.81. The molecule has 0 fully saturated rings. The molecule has 1 unspecified atom stereocenters. The number of hydrogen-bond donors (Lipinski definition) is 0. The fourth-order valence-electron chi connectivity index (χ4n) is 1.70.